The van der Waals surface area contributed by atoms with E-state index in [1.165, 1.54) is 0 Å². The van der Waals surface area contributed by atoms with E-state index < -0.39 is 0 Å². The van der Waals surface area contributed by atoms with Gasteiger partial charge in [-0.2, -0.15) is 0 Å². The molecule has 0 unspecified atom stereocenters. The van der Waals surface area contributed by atoms with Crippen LogP contribution in [0, 0.1) is 5.92 Å². The molecule has 3 aromatic rings. The average Bonchev–Trinajstić information content (AvgIpc) is 3.15. The first-order chi connectivity index (χ1) is 15.2. The molecule has 1 saturated heterocycles. The molecule has 6 heteroatoms. The SMILES string of the molecule is CC(C)CCOc1ccc(/C=N/c2nc3ccccc3n2CCN2CCOCC2)cc1. The van der Waals surface area contributed by atoms with Crippen LogP contribution in [0.15, 0.2) is 53.5 Å². The number of nitrogens with zero attached hydrogens (tertiary/aromatic N) is 4. The standard InChI is InChI=1S/C25H32N4O2/c1-20(2)11-16-31-22-9-7-21(8-10-22)19-26-25-27-23-5-3-4-6-24(23)29(25)13-12-28-14-17-30-18-15-28/h3-10,19-20H,11-18H2,1-2H3/b26-19+. The Morgan fingerprint density at radius 3 is 2.61 bits per heavy atom. The fraction of sp³-hybridized carbons (Fsp3) is 0.440. The monoisotopic (exact) mass is 420 g/mol. The van der Waals surface area contributed by atoms with Crippen LogP contribution in [0.2, 0.25) is 0 Å². The molecular formula is C25H32N4O2. The van der Waals surface area contributed by atoms with E-state index in [0.29, 0.717) is 5.92 Å². The molecule has 164 valence electrons. The quantitative estimate of drug-likeness (QED) is 0.477. The van der Waals surface area contributed by atoms with Crippen molar-refractivity contribution in [1.29, 1.82) is 0 Å². The van der Waals surface area contributed by atoms with Gasteiger partial charge in [0.25, 0.3) is 0 Å². The van der Waals surface area contributed by atoms with Crippen LogP contribution in [0.4, 0.5) is 5.95 Å². The van der Waals surface area contributed by atoms with Crippen LogP contribution in [0.1, 0.15) is 25.8 Å². The van der Waals surface area contributed by atoms with Gasteiger partial charge in [0.1, 0.15) is 5.75 Å². The maximum atomic E-state index is 5.81. The van der Waals surface area contributed by atoms with E-state index in [0.717, 1.165) is 80.7 Å². The molecule has 1 aromatic heterocycles. The maximum absolute atomic E-state index is 5.81. The van der Waals surface area contributed by atoms with Gasteiger partial charge in [0.2, 0.25) is 5.95 Å². The lowest BCUT2D eigenvalue weighted by Gasteiger charge is -2.26. The van der Waals surface area contributed by atoms with E-state index in [2.05, 4.69) is 35.4 Å². The second-order valence-corrected chi connectivity index (χ2v) is 8.36. The Morgan fingerprint density at radius 2 is 1.84 bits per heavy atom. The number of fused-ring (bicyclic) bond motifs is 1. The molecule has 1 aliphatic heterocycles. The molecule has 0 spiro atoms. The molecule has 1 fully saturated rings. The Morgan fingerprint density at radius 1 is 1.06 bits per heavy atom. The largest absolute Gasteiger partial charge is 0.494 e. The molecule has 0 radical (unpaired) electrons. The summed E-state index contributed by atoms with van der Waals surface area (Å²) in [6, 6.07) is 16.3. The predicted molar refractivity (Wildman–Crippen MR) is 126 cm³/mol. The highest BCUT2D eigenvalue weighted by Crippen LogP contribution is 2.22. The first-order valence-electron chi connectivity index (χ1n) is 11.2. The van der Waals surface area contributed by atoms with Gasteiger partial charge >= 0.3 is 0 Å². The summed E-state index contributed by atoms with van der Waals surface area (Å²) >= 11 is 0. The van der Waals surface area contributed by atoms with Gasteiger partial charge in [-0.15, -0.1) is 0 Å². The lowest BCUT2D eigenvalue weighted by molar-refractivity contribution is 0.0366. The third-order valence-corrected chi connectivity index (χ3v) is 5.55. The van der Waals surface area contributed by atoms with E-state index >= 15 is 0 Å². The Kier molecular flexibility index (Phi) is 7.33. The first kappa shape index (κ1) is 21.5. The number of hydrogen-bond donors (Lipinski definition) is 0. The van der Waals surface area contributed by atoms with Crippen molar-refractivity contribution in [3.63, 3.8) is 0 Å². The molecular weight excluding hydrogens is 388 g/mol. The average molecular weight is 421 g/mol. The fourth-order valence-electron chi connectivity index (χ4n) is 3.64. The van der Waals surface area contributed by atoms with E-state index in [-0.39, 0.29) is 0 Å². The summed E-state index contributed by atoms with van der Waals surface area (Å²) in [4.78, 5) is 11.9. The number of rotatable bonds is 9. The number of para-hydroxylation sites is 2. The molecule has 0 bridgehead atoms. The van der Waals surface area contributed by atoms with Crippen molar-refractivity contribution in [1.82, 2.24) is 14.5 Å². The van der Waals surface area contributed by atoms with Crippen LogP contribution in [-0.2, 0) is 11.3 Å². The summed E-state index contributed by atoms with van der Waals surface area (Å²) < 4.78 is 13.5. The normalized spacial score (nSPS) is 15.3. The smallest absolute Gasteiger partial charge is 0.230 e. The number of aromatic nitrogens is 2. The Hall–Kier alpha value is -2.70. The first-order valence-corrected chi connectivity index (χ1v) is 11.2. The minimum Gasteiger partial charge on any atom is -0.494 e. The van der Waals surface area contributed by atoms with Crippen LogP contribution < -0.4 is 4.74 Å². The van der Waals surface area contributed by atoms with E-state index in [1.54, 1.807) is 0 Å². The summed E-state index contributed by atoms with van der Waals surface area (Å²) in [6.07, 6.45) is 2.94. The molecule has 1 aliphatic rings. The molecule has 2 heterocycles. The molecule has 2 aromatic carbocycles. The summed E-state index contributed by atoms with van der Waals surface area (Å²) in [5, 5.41) is 0. The van der Waals surface area contributed by atoms with E-state index in [1.807, 2.05) is 42.6 Å². The van der Waals surface area contributed by atoms with Crippen LogP contribution >= 0.6 is 0 Å². The molecule has 0 aliphatic carbocycles. The van der Waals surface area contributed by atoms with Gasteiger partial charge in [-0.3, -0.25) is 4.90 Å². The number of ether oxygens (including phenoxy) is 2. The number of benzene rings is 2. The van der Waals surface area contributed by atoms with E-state index in [4.69, 9.17) is 19.5 Å². The Balaban J connectivity index is 1.46. The summed E-state index contributed by atoms with van der Waals surface area (Å²) in [5.74, 6) is 2.29. The van der Waals surface area contributed by atoms with Crippen molar-refractivity contribution < 1.29 is 9.47 Å². The molecule has 31 heavy (non-hydrogen) atoms. The third-order valence-electron chi connectivity index (χ3n) is 5.55. The Bertz CT molecular complexity index is 988. The topological polar surface area (TPSA) is 51.9 Å². The molecule has 0 amide bonds. The second-order valence-electron chi connectivity index (χ2n) is 8.36. The van der Waals surface area contributed by atoms with Gasteiger partial charge in [-0.25, -0.2) is 9.98 Å². The number of imidazole rings is 1. The summed E-state index contributed by atoms with van der Waals surface area (Å²) in [5.41, 5.74) is 3.13. The minimum atomic E-state index is 0.647. The Labute approximate surface area is 184 Å². The number of morpholine rings is 1. The van der Waals surface area contributed by atoms with Gasteiger partial charge in [0.15, 0.2) is 0 Å². The summed E-state index contributed by atoms with van der Waals surface area (Å²) in [7, 11) is 0. The third kappa shape index (κ3) is 5.93. The highest BCUT2D eigenvalue weighted by Gasteiger charge is 2.13. The van der Waals surface area contributed by atoms with Crippen molar-refractivity contribution in [3.05, 3.63) is 54.1 Å². The van der Waals surface area contributed by atoms with E-state index in [9.17, 15) is 0 Å². The van der Waals surface area contributed by atoms with Crippen LogP contribution in [0.25, 0.3) is 11.0 Å². The molecule has 6 nitrogen and oxygen atoms in total. The van der Waals surface area contributed by atoms with Gasteiger partial charge in [-0.1, -0.05) is 26.0 Å². The van der Waals surface area contributed by atoms with Gasteiger partial charge in [0, 0.05) is 32.4 Å². The fourth-order valence-corrected chi connectivity index (χ4v) is 3.64. The molecule has 4 rings (SSSR count). The zero-order valence-electron chi connectivity index (χ0n) is 18.5. The van der Waals surface area contributed by atoms with Crippen molar-refractivity contribution >= 4 is 23.2 Å². The zero-order valence-corrected chi connectivity index (χ0v) is 18.5. The number of aliphatic imine (C=N–C) groups is 1. The lowest BCUT2D eigenvalue weighted by atomic mass is 10.1. The summed E-state index contributed by atoms with van der Waals surface area (Å²) in [6.45, 7) is 10.6. The van der Waals surface area contributed by atoms with Crippen LogP contribution in [-0.4, -0.2) is 60.1 Å². The van der Waals surface area contributed by atoms with Gasteiger partial charge in [0.05, 0.1) is 30.9 Å². The van der Waals surface area contributed by atoms with Crippen molar-refractivity contribution in [2.24, 2.45) is 10.9 Å². The van der Waals surface area contributed by atoms with Crippen LogP contribution in [0.3, 0.4) is 0 Å². The van der Waals surface area contributed by atoms with Crippen molar-refractivity contribution in [3.8, 4) is 5.75 Å². The molecule has 0 saturated carbocycles. The highest BCUT2D eigenvalue weighted by atomic mass is 16.5. The maximum Gasteiger partial charge on any atom is 0.230 e. The van der Waals surface area contributed by atoms with Crippen LogP contribution in [0.5, 0.6) is 5.75 Å². The minimum absolute atomic E-state index is 0.647. The number of hydrogen-bond acceptors (Lipinski definition) is 5. The molecule has 0 N–H and O–H groups in total. The lowest BCUT2D eigenvalue weighted by Crippen LogP contribution is -2.38. The van der Waals surface area contributed by atoms with Gasteiger partial charge in [-0.05, 0) is 54.3 Å². The van der Waals surface area contributed by atoms with Gasteiger partial charge < -0.3 is 14.0 Å². The van der Waals surface area contributed by atoms with Crippen molar-refractivity contribution in [2.75, 3.05) is 39.5 Å². The molecule has 0 atom stereocenters. The second kappa shape index (κ2) is 10.6. The highest BCUT2D eigenvalue weighted by molar-refractivity contribution is 5.83. The predicted octanol–water partition coefficient (Wildman–Crippen LogP) is 4.54. The zero-order chi connectivity index (χ0) is 21.5. The van der Waals surface area contributed by atoms with Crippen molar-refractivity contribution in [2.45, 2.75) is 26.8 Å².